The summed E-state index contributed by atoms with van der Waals surface area (Å²) in [6, 6.07) is 17.4. The van der Waals surface area contributed by atoms with Gasteiger partial charge >= 0.3 is 0 Å². The Balaban J connectivity index is 1.26. The molecule has 208 valence electrons. The summed E-state index contributed by atoms with van der Waals surface area (Å²) in [7, 11) is 0. The van der Waals surface area contributed by atoms with Crippen LogP contribution in [0.1, 0.15) is 37.9 Å². The summed E-state index contributed by atoms with van der Waals surface area (Å²) in [5, 5.41) is 24.2. The number of fused-ring (bicyclic) bond motifs is 4. The number of imidazole rings is 1. The summed E-state index contributed by atoms with van der Waals surface area (Å²) in [4.78, 5) is 32.7. The van der Waals surface area contributed by atoms with Crippen molar-refractivity contribution in [3.05, 3.63) is 95.4 Å². The minimum absolute atomic E-state index is 0.0889. The molecule has 3 heterocycles. The first-order valence-electron chi connectivity index (χ1n) is 13.1. The van der Waals surface area contributed by atoms with Gasteiger partial charge < -0.3 is 29.6 Å². The van der Waals surface area contributed by atoms with Crippen LogP contribution in [0.4, 0.5) is 11.4 Å². The van der Waals surface area contributed by atoms with Crippen LogP contribution >= 0.6 is 11.6 Å². The van der Waals surface area contributed by atoms with E-state index in [0.717, 1.165) is 21.9 Å². The number of halogens is 1. The lowest BCUT2D eigenvalue weighted by atomic mass is 9.92. The second-order valence-corrected chi connectivity index (χ2v) is 10.3. The number of pyridine rings is 1. The topological polar surface area (TPSA) is 116 Å². The van der Waals surface area contributed by atoms with Crippen molar-refractivity contribution < 1.29 is 24.5 Å². The Kier molecular flexibility index (Phi) is 6.98. The Bertz CT molecular complexity index is 1800. The van der Waals surface area contributed by atoms with Crippen LogP contribution in [-0.4, -0.2) is 57.1 Å². The normalized spacial score (nSPS) is 14.4. The van der Waals surface area contributed by atoms with Crippen LogP contribution in [0.2, 0.25) is 0 Å². The number of nitrogens with zero attached hydrogens (tertiary/aromatic N) is 3. The molecule has 1 aliphatic heterocycles. The number of amides is 2. The molecule has 3 N–H and O–H groups in total. The van der Waals surface area contributed by atoms with E-state index in [1.54, 1.807) is 64.2 Å². The monoisotopic (exact) mass is 570 g/mol. The highest BCUT2D eigenvalue weighted by Crippen LogP contribution is 2.46. The molecule has 1 aliphatic rings. The van der Waals surface area contributed by atoms with E-state index >= 15 is 0 Å². The number of phenolic OH excluding ortho intramolecular Hbond substituents is 1. The second-order valence-electron chi connectivity index (χ2n) is 9.95. The predicted octanol–water partition coefficient (Wildman–Crippen LogP) is 5.11. The molecule has 9 nitrogen and oxygen atoms in total. The molecule has 41 heavy (non-hydrogen) atoms. The van der Waals surface area contributed by atoms with Crippen molar-refractivity contribution in [2.24, 2.45) is 0 Å². The average Bonchev–Trinajstić information content (AvgIpc) is 3.57. The molecule has 0 saturated carbocycles. The number of ether oxygens (including phenoxy) is 1. The van der Waals surface area contributed by atoms with Crippen molar-refractivity contribution in [1.82, 2.24) is 9.38 Å². The van der Waals surface area contributed by atoms with Crippen molar-refractivity contribution in [2.75, 3.05) is 35.9 Å². The lowest BCUT2D eigenvalue weighted by molar-refractivity contribution is 0.0982. The van der Waals surface area contributed by atoms with E-state index in [4.69, 9.17) is 21.4 Å². The summed E-state index contributed by atoms with van der Waals surface area (Å²) in [5.41, 5.74) is 4.35. The summed E-state index contributed by atoms with van der Waals surface area (Å²) >= 11 is 6.37. The van der Waals surface area contributed by atoms with Gasteiger partial charge in [-0.05, 0) is 59.8 Å². The summed E-state index contributed by atoms with van der Waals surface area (Å²) in [5.74, 6) is 0.301. The van der Waals surface area contributed by atoms with Gasteiger partial charge in [-0.25, -0.2) is 4.98 Å². The van der Waals surface area contributed by atoms with Crippen LogP contribution in [0.3, 0.4) is 0 Å². The highest BCUT2D eigenvalue weighted by Gasteiger charge is 2.36. The zero-order valence-corrected chi connectivity index (χ0v) is 22.9. The predicted molar refractivity (Wildman–Crippen MR) is 158 cm³/mol. The first-order valence-corrected chi connectivity index (χ1v) is 13.7. The summed E-state index contributed by atoms with van der Waals surface area (Å²) in [6.45, 7) is 2.45. The van der Waals surface area contributed by atoms with Gasteiger partial charge in [-0.3, -0.25) is 9.59 Å². The molecule has 0 radical (unpaired) electrons. The molecule has 0 aliphatic carbocycles. The second kappa shape index (κ2) is 10.8. The maximum Gasteiger partial charge on any atom is 0.278 e. The average molecular weight is 571 g/mol. The first kappa shape index (κ1) is 26.6. The third-order valence-electron chi connectivity index (χ3n) is 7.31. The number of phenols is 1. The number of aromatic hydroxyl groups is 1. The minimum atomic E-state index is -0.308. The first-order chi connectivity index (χ1) is 19.9. The van der Waals surface area contributed by atoms with Gasteiger partial charge in [0.15, 0.2) is 0 Å². The van der Waals surface area contributed by atoms with Gasteiger partial charge in [0.05, 0.1) is 18.0 Å². The molecule has 2 amide bonds. The van der Waals surface area contributed by atoms with Gasteiger partial charge in [0, 0.05) is 47.8 Å². The number of aliphatic hydroxyl groups excluding tert-OH is 1. The van der Waals surface area contributed by atoms with Gasteiger partial charge in [0.1, 0.15) is 29.4 Å². The lowest BCUT2D eigenvalue weighted by Gasteiger charge is -2.17. The molecule has 3 aromatic carbocycles. The number of carbonyl (C=O) groups excluding carboxylic acids is 2. The SMILES string of the molecule is Cc1cccc2c(O)cc3c(c12)[C@H](CCl)CN3C(=O)c1cn2cc(NC(=O)c3ccc(OCCO)cc3)ccc2n1. The van der Waals surface area contributed by atoms with E-state index in [2.05, 4.69) is 10.3 Å². The molecule has 0 unspecified atom stereocenters. The molecule has 5 aromatic rings. The molecule has 0 fully saturated rings. The van der Waals surface area contributed by atoms with Crippen LogP contribution in [-0.2, 0) is 0 Å². The van der Waals surface area contributed by atoms with Crippen molar-refractivity contribution in [3.63, 3.8) is 0 Å². The number of rotatable bonds is 7. The van der Waals surface area contributed by atoms with Crippen molar-refractivity contribution >= 4 is 51.2 Å². The number of aliphatic hydroxyl groups is 1. The largest absolute Gasteiger partial charge is 0.507 e. The number of benzene rings is 3. The highest BCUT2D eigenvalue weighted by molar-refractivity contribution is 6.19. The molecule has 2 aromatic heterocycles. The van der Waals surface area contributed by atoms with Crippen LogP contribution in [0.15, 0.2) is 73.1 Å². The number of hydrogen-bond acceptors (Lipinski definition) is 6. The third-order valence-corrected chi connectivity index (χ3v) is 7.68. The number of carbonyl (C=O) groups is 2. The van der Waals surface area contributed by atoms with E-state index < -0.39 is 0 Å². The third kappa shape index (κ3) is 4.83. The Hall–Kier alpha value is -4.60. The van der Waals surface area contributed by atoms with Crippen LogP contribution < -0.4 is 15.0 Å². The molecule has 6 rings (SSSR count). The number of aromatic nitrogens is 2. The quantitative estimate of drug-likeness (QED) is 0.234. The number of alkyl halides is 1. The molecular weight excluding hydrogens is 544 g/mol. The highest BCUT2D eigenvalue weighted by atomic mass is 35.5. The Morgan fingerprint density at radius 3 is 2.68 bits per heavy atom. The van der Waals surface area contributed by atoms with Gasteiger partial charge in [-0.1, -0.05) is 18.2 Å². The summed E-state index contributed by atoms with van der Waals surface area (Å²) < 4.78 is 7.02. The number of nitrogens with one attached hydrogen (secondary N) is 1. The maximum atomic E-state index is 13.7. The van der Waals surface area contributed by atoms with Crippen molar-refractivity contribution in [3.8, 4) is 11.5 Å². The van der Waals surface area contributed by atoms with Gasteiger partial charge in [0.25, 0.3) is 11.8 Å². The van der Waals surface area contributed by atoms with E-state index in [9.17, 15) is 14.7 Å². The fourth-order valence-corrected chi connectivity index (χ4v) is 5.64. The smallest absolute Gasteiger partial charge is 0.278 e. The molecule has 10 heteroatoms. The molecule has 0 spiro atoms. The van der Waals surface area contributed by atoms with Crippen LogP contribution in [0.25, 0.3) is 16.4 Å². The molecular formula is C31H27ClN4O5. The lowest BCUT2D eigenvalue weighted by Crippen LogP contribution is -2.30. The van der Waals surface area contributed by atoms with E-state index in [1.807, 2.05) is 25.1 Å². The zero-order valence-electron chi connectivity index (χ0n) is 22.2. The fourth-order valence-electron chi connectivity index (χ4n) is 5.39. The van der Waals surface area contributed by atoms with Crippen LogP contribution in [0.5, 0.6) is 11.5 Å². The van der Waals surface area contributed by atoms with E-state index in [-0.39, 0.29) is 42.4 Å². The molecule has 0 saturated heterocycles. The van der Waals surface area contributed by atoms with Gasteiger partial charge in [-0.2, -0.15) is 0 Å². The Labute approximate surface area is 240 Å². The minimum Gasteiger partial charge on any atom is -0.507 e. The van der Waals surface area contributed by atoms with E-state index in [0.29, 0.717) is 40.8 Å². The van der Waals surface area contributed by atoms with Crippen molar-refractivity contribution in [1.29, 1.82) is 0 Å². The van der Waals surface area contributed by atoms with Gasteiger partial charge in [0.2, 0.25) is 0 Å². The number of hydrogen-bond donors (Lipinski definition) is 3. The Morgan fingerprint density at radius 2 is 1.93 bits per heavy atom. The zero-order chi connectivity index (χ0) is 28.7. The molecule has 0 bridgehead atoms. The van der Waals surface area contributed by atoms with E-state index in [1.165, 1.54) is 0 Å². The number of anilines is 2. The summed E-state index contributed by atoms with van der Waals surface area (Å²) in [6.07, 6.45) is 3.32. The maximum absolute atomic E-state index is 13.7. The van der Waals surface area contributed by atoms with Gasteiger partial charge in [-0.15, -0.1) is 11.6 Å². The fraction of sp³-hybridized carbons (Fsp3) is 0.194. The molecule has 1 atom stereocenters. The standard InChI is InChI=1S/C31H27ClN4O5/c1-18-3-2-4-23-26(38)13-25-29(28(18)23)20(14-32)15-36(25)31(40)24-17-35-16-21(7-10-27(35)34-24)33-30(39)19-5-8-22(9-6-19)41-12-11-37/h2-10,13,16-17,20,37-38H,11-12,14-15H2,1H3,(H,33,39)/t20-/m1/s1. The van der Waals surface area contributed by atoms with Crippen LogP contribution in [0, 0.1) is 6.92 Å². The Morgan fingerprint density at radius 1 is 1.12 bits per heavy atom. The number of aryl methyl sites for hydroxylation is 1. The van der Waals surface area contributed by atoms with Crippen molar-refractivity contribution in [2.45, 2.75) is 12.8 Å².